The molecule has 1 rings (SSSR count). The first-order chi connectivity index (χ1) is 5.43. The number of rotatable bonds is 2. The standard InChI is InChI=1S/C7H15ClNO2P/c1-6(2)4-7-5-11-12(8,10)9(7)3/h6-7H,4-5H2,1-3H3/t7-,12?/m0/s1. The monoisotopic (exact) mass is 211 g/mol. The Morgan fingerprint density at radius 2 is 2.33 bits per heavy atom. The molecule has 2 atom stereocenters. The largest absolute Gasteiger partial charge is 0.363 e. The molecule has 1 aliphatic heterocycles. The fourth-order valence-electron chi connectivity index (χ4n) is 1.34. The third-order valence-electron chi connectivity index (χ3n) is 2.07. The molecule has 1 heterocycles. The molecular formula is C7H15ClNO2P. The highest BCUT2D eigenvalue weighted by Crippen LogP contribution is 2.60. The van der Waals surface area contributed by atoms with Crippen molar-refractivity contribution in [2.24, 2.45) is 5.92 Å². The van der Waals surface area contributed by atoms with Gasteiger partial charge in [-0.15, -0.1) is 0 Å². The normalized spacial score (nSPS) is 37.9. The molecule has 0 bridgehead atoms. The molecule has 0 spiro atoms. The van der Waals surface area contributed by atoms with Crippen molar-refractivity contribution < 1.29 is 9.09 Å². The molecule has 5 heteroatoms. The van der Waals surface area contributed by atoms with Crippen molar-refractivity contribution in [3.63, 3.8) is 0 Å². The molecule has 1 fully saturated rings. The van der Waals surface area contributed by atoms with Crippen molar-refractivity contribution in [1.82, 2.24) is 4.67 Å². The fraction of sp³-hybridized carbons (Fsp3) is 1.00. The van der Waals surface area contributed by atoms with Crippen molar-refractivity contribution >= 4 is 18.1 Å². The molecule has 0 aromatic carbocycles. The Bertz CT molecular complexity index is 210. The lowest BCUT2D eigenvalue weighted by Crippen LogP contribution is -2.25. The van der Waals surface area contributed by atoms with E-state index in [1.54, 1.807) is 11.7 Å². The van der Waals surface area contributed by atoms with Gasteiger partial charge in [-0.2, -0.15) is 0 Å². The highest BCUT2D eigenvalue weighted by Gasteiger charge is 2.39. The van der Waals surface area contributed by atoms with Gasteiger partial charge in [-0.25, -0.2) is 4.67 Å². The molecule has 0 aliphatic carbocycles. The molecule has 0 aromatic rings. The summed E-state index contributed by atoms with van der Waals surface area (Å²) in [5.41, 5.74) is 0. The van der Waals surface area contributed by atoms with Crippen LogP contribution in [0.1, 0.15) is 20.3 Å². The lowest BCUT2D eigenvalue weighted by molar-refractivity contribution is 0.292. The Kier molecular flexibility index (Phi) is 3.21. The second-order valence-corrected chi connectivity index (χ2v) is 6.68. The first kappa shape index (κ1) is 10.5. The van der Waals surface area contributed by atoms with Crippen LogP contribution in [0.4, 0.5) is 0 Å². The quantitative estimate of drug-likeness (QED) is 0.658. The smallest absolute Gasteiger partial charge is 0.304 e. The zero-order valence-electron chi connectivity index (χ0n) is 7.66. The number of likely N-dealkylation sites (N-methyl/N-ethyl adjacent to an activating group) is 1. The minimum absolute atomic E-state index is 0.216. The lowest BCUT2D eigenvalue weighted by Gasteiger charge is -2.19. The highest BCUT2D eigenvalue weighted by atomic mass is 35.7. The molecule has 0 radical (unpaired) electrons. The zero-order chi connectivity index (χ0) is 9.35. The van der Waals surface area contributed by atoms with Gasteiger partial charge in [0.1, 0.15) is 0 Å². The van der Waals surface area contributed by atoms with Crippen molar-refractivity contribution in [1.29, 1.82) is 0 Å². The summed E-state index contributed by atoms with van der Waals surface area (Å²) in [5, 5.41) is 0. The first-order valence-electron chi connectivity index (χ1n) is 4.11. The second kappa shape index (κ2) is 3.67. The summed E-state index contributed by atoms with van der Waals surface area (Å²) in [5.74, 6) is 0.579. The van der Waals surface area contributed by atoms with Gasteiger partial charge in [-0.3, -0.25) is 4.57 Å². The minimum Gasteiger partial charge on any atom is -0.304 e. The Labute approximate surface area is 78.3 Å². The molecule has 3 nitrogen and oxygen atoms in total. The van der Waals surface area contributed by atoms with Crippen LogP contribution in [0.5, 0.6) is 0 Å². The number of halogens is 1. The second-order valence-electron chi connectivity index (χ2n) is 3.60. The molecule has 1 saturated heterocycles. The average molecular weight is 212 g/mol. The summed E-state index contributed by atoms with van der Waals surface area (Å²) in [7, 11) is 1.76. The van der Waals surface area contributed by atoms with Crippen molar-refractivity contribution in [2.45, 2.75) is 26.3 Å². The van der Waals surface area contributed by atoms with E-state index in [9.17, 15) is 4.57 Å². The van der Waals surface area contributed by atoms with Crippen LogP contribution in [0.25, 0.3) is 0 Å². The molecule has 0 saturated carbocycles. The summed E-state index contributed by atoms with van der Waals surface area (Å²) in [6.07, 6.45) is 0.979. The van der Waals surface area contributed by atoms with E-state index in [4.69, 9.17) is 15.8 Å². The van der Waals surface area contributed by atoms with Crippen LogP contribution < -0.4 is 0 Å². The van der Waals surface area contributed by atoms with Crippen LogP contribution in [0.3, 0.4) is 0 Å². The Hall–Kier alpha value is 0.440. The fourth-order valence-corrected chi connectivity index (χ4v) is 2.97. The number of hydrogen-bond donors (Lipinski definition) is 0. The third kappa shape index (κ3) is 2.23. The van der Waals surface area contributed by atoms with Crippen LogP contribution in [-0.4, -0.2) is 24.4 Å². The van der Waals surface area contributed by atoms with Crippen LogP contribution in [0.2, 0.25) is 0 Å². The van der Waals surface area contributed by atoms with E-state index in [1.807, 2.05) is 0 Å². The number of nitrogens with zero attached hydrogens (tertiary/aromatic N) is 1. The molecule has 72 valence electrons. The van der Waals surface area contributed by atoms with E-state index in [0.29, 0.717) is 12.5 Å². The summed E-state index contributed by atoms with van der Waals surface area (Å²) in [6.45, 7) is 1.81. The van der Waals surface area contributed by atoms with E-state index in [1.165, 1.54) is 0 Å². The first-order valence-corrected chi connectivity index (χ1v) is 6.59. The maximum absolute atomic E-state index is 11.4. The van der Waals surface area contributed by atoms with Gasteiger partial charge >= 0.3 is 6.87 Å². The molecule has 1 unspecified atom stereocenters. The summed E-state index contributed by atoms with van der Waals surface area (Å²) < 4.78 is 18.1. The van der Waals surface area contributed by atoms with Gasteiger partial charge in [-0.1, -0.05) is 13.8 Å². The molecule has 0 N–H and O–H groups in total. The van der Waals surface area contributed by atoms with Gasteiger partial charge < -0.3 is 4.52 Å². The summed E-state index contributed by atoms with van der Waals surface area (Å²) in [6, 6.07) is 0.216. The van der Waals surface area contributed by atoms with E-state index < -0.39 is 6.87 Å². The minimum atomic E-state index is -2.94. The predicted molar refractivity (Wildman–Crippen MR) is 50.4 cm³/mol. The van der Waals surface area contributed by atoms with Crippen molar-refractivity contribution in [3.8, 4) is 0 Å². The van der Waals surface area contributed by atoms with E-state index in [2.05, 4.69) is 13.8 Å². The van der Waals surface area contributed by atoms with Gasteiger partial charge in [0.25, 0.3) is 0 Å². The summed E-state index contributed by atoms with van der Waals surface area (Å²) in [4.78, 5) is 0. The molecule has 12 heavy (non-hydrogen) atoms. The highest BCUT2D eigenvalue weighted by molar-refractivity contribution is 7.83. The van der Waals surface area contributed by atoms with Gasteiger partial charge in [-0.05, 0) is 30.6 Å². The molecule has 1 aliphatic rings. The van der Waals surface area contributed by atoms with E-state index in [0.717, 1.165) is 6.42 Å². The van der Waals surface area contributed by atoms with Gasteiger partial charge in [0, 0.05) is 6.04 Å². The van der Waals surface area contributed by atoms with Gasteiger partial charge in [0.2, 0.25) is 0 Å². The molecule has 0 aromatic heterocycles. The van der Waals surface area contributed by atoms with E-state index >= 15 is 0 Å². The maximum atomic E-state index is 11.4. The maximum Gasteiger partial charge on any atom is 0.363 e. The third-order valence-corrected chi connectivity index (χ3v) is 4.63. The van der Waals surface area contributed by atoms with Crippen molar-refractivity contribution in [2.75, 3.05) is 13.7 Å². The topological polar surface area (TPSA) is 29.5 Å². The van der Waals surface area contributed by atoms with E-state index in [-0.39, 0.29) is 6.04 Å². The van der Waals surface area contributed by atoms with Crippen LogP contribution in [-0.2, 0) is 9.09 Å². The molecule has 0 amide bonds. The van der Waals surface area contributed by atoms with Crippen LogP contribution in [0.15, 0.2) is 0 Å². The van der Waals surface area contributed by atoms with Crippen LogP contribution >= 0.6 is 18.1 Å². The predicted octanol–water partition coefficient (Wildman–Crippen LogP) is 2.71. The Balaban J connectivity index is 2.56. The number of hydrogen-bond acceptors (Lipinski definition) is 2. The average Bonchev–Trinajstić information content (AvgIpc) is 2.15. The molecular weight excluding hydrogens is 197 g/mol. The van der Waals surface area contributed by atoms with Crippen molar-refractivity contribution in [3.05, 3.63) is 0 Å². The van der Waals surface area contributed by atoms with Gasteiger partial charge in [0.05, 0.1) is 6.61 Å². The lowest BCUT2D eigenvalue weighted by atomic mass is 10.1. The zero-order valence-corrected chi connectivity index (χ0v) is 9.31. The Morgan fingerprint density at radius 3 is 2.67 bits per heavy atom. The Morgan fingerprint density at radius 1 is 1.75 bits per heavy atom. The summed E-state index contributed by atoms with van der Waals surface area (Å²) >= 11 is 5.66. The van der Waals surface area contributed by atoms with Crippen LogP contribution in [0, 0.1) is 5.92 Å². The SMILES string of the molecule is CC(C)C[C@H]1COP(=O)(Cl)N1C. The van der Waals surface area contributed by atoms with Gasteiger partial charge in [0.15, 0.2) is 0 Å².